The Labute approximate surface area is 738 Å². The van der Waals surface area contributed by atoms with E-state index in [-0.39, 0.29) is 38.5 Å². The van der Waals surface area contributed by atoms with E-state index in [4.69, 9.17) is 30.3 Å². The lowest BCUT2D eigenvalue weighted by Crippen LogP contribution is -2.29. The zero-order chi connectivity index (χ0) is 88.2. The molecule has 11 heterocycles. The number of aliphatic imine (C=N–C) groups is 2. The molecule has 4 N–H and O–H groups in total. The van der Waals surface area contributed by atoms with Crippen molar-refractivity contribution in [3.05, 3.63) is 347 Å². The van der Waals surface area contributed by atoms with Crippen molar-refractivity contribution in [2.24, 2.45) is 9.98 Å². The molecule has 0 radical (unpaired) electrons. The lowest BCUT2D eigenvalue weighted by atomic mass is 9.78. The number of rotatable bonds is 10. The van der Waals surface area contributed by atoms with Gasteiger partial charge in [0.2, 0.25) is 0 Å². The molecule has 5 aromatic heterocycles. The summed E-state index contributed by atoms with van der Waals surface area (Å²) in [7, 11) is 0. The molecule has 0 saturated heterocycles. The molecule has 0 spiro atoms. The van der Waals surface area contributed by atoms with Crippen molar-refractivity contribution < 1.29 is 0 Å². The average molecular weight is 1640 g/mol. The number of hydrogen-bond acceptors (Lipinski definition) is 7. The van der Waals surface area contributed by atoms with E-state index in [2.05, 4.69) is 417 Å². The number of hydrogen-bond donors (Lipinski definition) is 4. The number of nitrogens with zero attached hydrogens (tertiary/aromatic N) is 7. The molecule has 18 rings (SSSR count). The smallest absolute Gasteiger partial charge is 0.113 e. The Morgan fingerprint density at radius 2 is 0.704 bits per heavy atom. The van der Waals surface area contributed by atoms with Gasteiger partial charge in [-0.1, -0.05) is 274 Å². The van der Waals surface area contributed by atoms with Gasteiger partial charge in [-0.15, -0.1) is 5.10 Å². The normalized spacial score (nSPS) is 17.1. The van der Waals surface area contributed by atoms with Gasteiger partial charge in [0.05, 0.1) is 64.4 Å². The molecule has 1 atom stereocenters. The molecule has 16 bridgehead atoms. The van der Waals surface area contributed by atoms with E-state index < -0.39 is 0 Å². The number of allylic oxidation sites excluding steroid dienone is 5. The summed E-state index contributed by atoms with van der Waals surface area (Å²) in [5.41, 5.74) is 45.5. The van der Waals surface area contributed by atoms with Crippen molar-refractivity contribution >= 4 is 74.5 Å². The van der Waals surface area contributed by atoms with Crippen LogP contribution in [-0.4, -0.2) is 57.4 Å². The van der Waals surface area contributed by atoms with Crippen LogP contribution in [0, 0.1) is 41.5 Å². The zero-order valence-electron chi connectivity index (χ0n) is 77.4. The fourth-order valence-corrected chi connectivity index (χ4v) is 18.8. The maximum Gasteiger partial charge on any atom is 0.113 e. The molecule has 6 aliphatic heterocycles. The Kier molecular flexibility index (Phi) is 20.3. The summed E-state index contributed by atoms with van der Waals surface area (Å²) in [4.78, 5) is 35.2. The fourth-order valence-electron chi connectivity index (χ4n) is 18.8. The summed E-state index contributed by atoms with van der Waals surface area (Å²) < 4.78 is 1.94. The van der Waals surface area contributed by atoms with E-state index in [0.717, 1.165) is 168 Å². The van der Waals surface area contributed by atoms with E-state index in [1.165, 1.54) is 77.9 Å². The Bertz CT molecular complexity index is 6820. The molecule has 0 amide bonds. The summed E-state index contributed by atoms with van der Waals surface area (Å²) in [6.07, 6.45) is 24.2. The van der Waals surface area contributed by atoms with Gasteiger partial charge < -0.3 is 20.3 Å². The molecule has 0 saturated carbocycles. The van der Waals surface area contributed by atoms with Crippen molar-refractivity contribution in [3.8, 4) is 55.8 Å². The number of aromatic amines is 3. The number of aryl methyl sites for hydroxylation is 6. The third-order valence-corrected chi connectivity index (χ3v) is 25.7. The van der Waals surface area contributed by atoms with Crippen molar-refractivity contribution in [2.75, 3.05) is 0 Å². The first-order chi connectivity index (χ1) is 59.1. The molecule has 125 heavy (non-hydrogen) atoms. The van der Waals surface area contributed by atoms with Crippen LogP contribution in [0.2, 0.25) is 0 Å². The third-order valence-electron chi connectivity index (χ3n) is 25.7. The highest BCUT2D eigenvalue weighted by Crippen LogP contribution is 2.47. The second-order valence-corrected chi connectivity index (χ2v) is 41.8. The Hall–Kier alpha value is -12.9. The molecule has 628 valence electrons. The number of benzene rings is 7. The molecule has 1 unspecified atom stereocenters. The first-order valence-electron chi connectivity index (χ1n) is 44.4. The van der Waals surface area contributed by atoms with Gasteiger partial charge in [-0.05, 0) is 265 Å². The zero-order valence-corrected chi connectivity index (χ0v) is 77.4. The maximum absolute atomic E-state index is 5.92. The minimum absolute atomic E-state index is 0.127. The van der Waals surface area contributed by atoms with Gasteiger partial charge in [0, 0.05) is 83.7 Å². The summed E-state index contributed by atoms with van der Waals surface area (Å²) in [6.45, 7) is 55.4. The molecular formula is C114H117N11. The quantitative estimate of drug-likeness (QED) is 0.108. The summed E-state index contributed by atoms with van der Waals surface area (Å²) in [5.74, 6) is 0. The van der Waals surface area contributed by atoms with Gasteiger partial charge in [0.25, 0.3) is 0 Å². The second kappa shape index (κ2) is 30.5. The molecule has 11 nitrogen and oxygen atoms in total. The second-order valence-electron chi connectivity index (χ2n) is 41.8. The van der Waals surface area contributed by atoms with Crippen LogP contribution in [0.25, 0.3) is 119 Å². The summed E-state index contributed by atoms with van der Waals surface area (Å²) in [5, 5.41) is 13.6. The molecule has 0 aliphatic carbocycles. The lowest BCUT2D eigenvalue weighted by Gasteiger charge is -2.26. The number of H-pyrrole nitrogens is 3. The third kappa shape index (κ3) is 15.9. The highest BCUT2D eigenvalue weighted by Gasteiger charge is 2.33. The van der Waals surface area contributed by atoms with Crippen LogP contribution in [0.4, 0.5) is 0 Å². The average Bonchev–Trinajstić information content (AvgIpc) is 1.66. The maximum atomic E-state index is 5.92. The predicted octanol–water partition coefficient (Wildman–Crippen LogP) is 28.1. The standard InChI is InChI=1S/C114H117N11/c1-64-49-66(3)100(67(4)50-64)107-95-35-33-83(115-95)84-34-36-96(116-84)108(101-68(5)51-65(2)52-69(101)6)98-48-46-88(122-98)102(87-45-47-97(107)121-87)72-27-25-70(26-28-72)62-125-63-99(123-124-125)71-29-31-73(32-30-71)103-85-37-39-89(117-85)104(74-53-77(109(7,8)9)59-78(54-74)110(10,11)12)91-41-43-93(119-91)106(76-57-81(113(19,20)21)61-82(58-76)114(22,23)24)94-44-42-92(120-94)105(90-40-38-86(103)118-90)75-55-79(111(13,14)15)60-80(56-75)112(16,17)18/h25-61,63,83,115,117,120,122H,62H2,1-24H3/b102-87-,103-85?,103-86?,104-89?,104-91?,105-90?,105-92?,106-93?,106-94?,107-95+,108-96+. The van der Waals surface area contributed by atoms with E-state index >= 15 is 0 Å². The number of aromatic nitrogens is 8. The van der Waals surface area contributed by atoms with Crippen molar-refractivity contribution in [1.82, 2.24) is 45.2 Å². The first kappa shape index (κ1) is 83.1. The molecule has 11 heteroatoms. The molecule has 6 aliphatic rings. The molecular weight excluding hydrogens is 1520 g/mol. The van der Waals surface area contributed by atoms with E-state index in [1.807, 2.05) is 4.68 Å². The van der Waals surface area contributed by atoms with Gasteiger partial charge in [-0.2, -0.15) is 0 Å². The highest BCUT2D eigenvalue weighted by atomic mass is 15.4. The van der Waals surface area contributed by atoms with Crippen molar-refractivity contribution in [3.63, 3.8) is 0 Å². The predicted molar refractivity (Wildman–Crippen MR) is 528 cm³/mol. The monoisotopic (exact) mass is 1640 g/mol. The van der Waals surface area contributed by atoms with Gasteiger partial charge in [0.1, 0.15) is 5.69 Å². The van der Waals surface area contributed by atoms with E-state index in [9.17, 15) is 0 Å². The van der Waals surface area contributed by atoms with Gasteiger partial charge >= 0.3 is 0 Å². The fraction of sp³-hybridized carbons (Fsp3) is 0.281. The Morgan fingerprint density at radius 1 is 0.328 bits per heavy atom. The van der Waals surface area contributed by atoms with Crippen LogP contribution < -0.4 is 5.32 Å². The lowest BCUT2D eigenvalue weighted by molar-refractivity contribution is 0.568. The number of nitrogens with one attached hydrogen (secondary N) is 4. The summed E-state index contributed by atoms with van der Waals surface area (Å²) in [6, 6.07) is 61.8. The Balaban J connectivity index is 0.767. The van der Waals surface area contributed by atoms with E-state index in [1.54, 1.807) is 0 Å². The van der Waals surface area contributed by atoms with Gasteiger partial charge in [0.15, 0.2) is 0 Å². The highest BCUT2D eigenvalue weighted by molar-refractivity contribution is 6.32. The molecule has 0 fully saturated rings. The van der Waals surface area contributed by atoms with Gasteiger partial charge in [-0.25, -0.2) is 19.6 Å². The van der Waals surface area contributed by atoms with Crippen LogP contribution in [0.15, 0.2) is 234 Å². The summed E-state index contributed by atoms with van der Waals surface area (Å²) >= 11 is 0. The number of fused-ring (bicyclic) bond motifs is 15. The van der Waals surface area contributed by atoms with Crippen LogP contribution in [0.3, 0.4) is 0 Å². The van der Waals surface area contributed by atoms with Crippen molar-refractivity contribution in [1.29, 1.82) is 0 Å². The minimum atomic E-state index is -0.150. The van der Waals surface area contributed by atoms with Crippen molar-refractivity contribution in [2.45, 2.75) is 211 Å². The van der Waals surface area contributed by atoms with Crippen LogP contribution in [0.5, 0.6) is 0 Å². The van der Waals surface area contributed by atoms with E-state index in [0.29, 0.717) is 6.54 Å². The Morgan fingerprint density at radius 3 is 1.13 bits per heavy atom. The molecule has 12 aromatic rings. The van der Waals surface area contributed by atoms with Crippen LogP contribution in [-0.2, 0) is 39.0 Å². The van der Waals surface area contributed by atoms with Crippen LogP contribution >= 0.6 is 0 Å². The largest absolute Gasteiger partial charge is 0.373 e. The SMILES string of the molecule is Cc1cc(C)c(/C2=C3\C=CC(N3)C3=N/C(=C(/c4c(C)cc(C)cc4C)c4ccc([nH]4)/C(c4ccc(Cn5cc(-c6ccc(-c7c8nc(c(-c9cc(C(C)(C)C)cc(C(C)(C)C)c9)c9ccc([nH]9)c(-c9cc(C(C)(C)C)cc(C(C)(C)C)c9)c9nc(c(-c%10cc(C(C)(C)C)cc(C(C)(C)C)c%10)c%10ccc7[nH]%10)C=C9)C=C8)cc6)nn5)cc4)=C4/C=CC2=N4)C=C3)c(C)c1. The minimum Gasteiger partial charge on any atom is -0.373 e. The van der Waals surface area contributed by atoms with Crippen LogP contribution in [0.1, 0.15) is 248 Å². The van der Waals surface area contributed by atoms with Gasteiger partial charge in [-0.3, -0.25) is 4.99 Å². The first-order valence-corrected chi connectivity index (χ1v) is 44.4. The molecule has 7 aromatic carbocycles. The topological polar surface area (TPSA) is 141 Å².